The summed E-state index contributed by atoms with van der Waals surface area (Å²) in [4.78, 5) is 11.5. The zero-order valence-electron chi connectivity index (χ0n) is 11.9. The van der Waals surface area contributed by atoms with E-state index in [9.17, 15) is 4.79 Å². The van der Waals surface area contributed by atoms with Crippen LogP contribution in [0, 0.1) is 6.92 Å². The monoisotopic (exact) mass is 264 g/mol. The van der Waals surface area contributed by atoms with Gasteiger partial charge in [-0.05, 0) is 31.7 Å². The molecule has 0 fully saturated rings. The molecule has 0 unspecified atom stereocenters. The zero-order valence-corrected chi connectivity index (χ0v) is 11.9. The summed E-state index contributed by atoms with van der Waals surface area (Å²) in [5, 5.41) is 5.69. The smallest absolute Gasteiger partial charge is 0.314 e. The van der Waals surface area contributed by atoms with Crippen molar-refractivity contribution in [1.29, 1.82) is 0 Å². The number of hydrogen-bond acceptors (Lipinski definition) is 2. The lowest BCUT2D eigenvalue weighted by molar-refractivity contribution is 0.192. The number of hydrogen-bond donors (Lipinski definition) is 2. The van der Waals surface area contributed by atoms with Crippen LogP contribution >= 0.6 is 0 Å². The van der Waals surface area contributed by atoms with Crippen LogP contribution in [0.25, 0.3) is 0 Å². The third kappa shape index (κ3) is 7.47. The minimum Gasteiger partial charge on any atom is -0.385 e. The number of carbonyl (C=O) groups is 1. The summed E-state index contributed by atoms with van der Waals surface area (Å²) in [6, 6.07) is 8.28. The first-order valence-electron chi connectivity index (χ1n) is 6.78. The zero-order chi connectivity index (χ0) is 13.9. The van der Waals surface area contributed by atoms with Crippen LogP contribution in [0.4, 0.5) is 4.79 Å². The molecule has 106 valence electrons. The summed E-state index contributed by atoms with van der Waals surface area (Å²) in [6.07, 6.45) is 2.77. The van der Waals surface area contributed by atoms with Gasteiger partial charge in [0.25, 0.3) is 0 Å². The van der Waals surface area contributed by atoms with Crippen LogP contribution in [0.5, 0.6) is 0 Å². The topological polar surface area (TPSA) is 50.4 Å². The van der Waals surface area contributed by atoms with Gasteiger partial charge in [0, 0.05) is 26.8 Å². The van der Waals surface area contributed by atoms with Crippen molar-refractivity contribution in [2.24, 2.45) is 0 Å². The molecule has 0 aliphatic carbocycles. The molecule has 0 saturated heterocycles. The van der Waals surface area contributed by atoms with Crippen molar-refractivity contribution in [1.82, 2.24) is 10.6 Å². The maximum atomic E-state index is 11.5. The van der Waals surface area contributed by atoms with E-state index >= 15 is 0 Å². The van der Waals surface area contributed by atoms with Gasteiger partial charge in [-0.15, -0.1) is 0 Å². The Balaban J connectivity index is 2.05. The van der Waals surface area contributed by atoms with E-state index < -0.39 is 0 Å². The van der Waals surface area contributed by atoms with Gasteiger partial charge in [0.1, 0.15) is 0 Å². The average molecular weight is 264 g/mol. The number of ether oxygens (including phenoxy) is 1. The standard InChI is InChI=1S/C15H24N2O2/c1-13-5-7-14(8-6-13)9-11-17-15(18)16-10-3-4-12-19-2/h5-8H,3-4,9-12H2,1-2H3,(H2,16,17,18). The molecule has 0 aromatic heterocycles. The molecule has 19 heavy (non-hydrogen) atoms. The molecule has 2 N–H and O–H groups in total. The van der Waals surface area contributed by atoms with Gasteiger partial charge in [0.15, 0.2) is 0 Å². The highest BCUT2D eigenvalue weighted by atomic mass is 16.5. The highest BCUT2D eigenvalue weighted by molar-refractivity contribution is 5.73. The molecule has 0 bridgehead atoms. The van der Waals surface area contributed by atoms with Crippen LogP contribution in [-0.4, -0.2) is 32.8 Å². The number of amides is 2. The second-order valence-corrected chi connectivity index (χ2v) is 4.62. The summed E-state index contributed by atoms with van der Waals surface area (Å²) in [7, 11) is 1.69. The second-order valence-electron chi connectivity index (χ2n) is 4.62. The van der Waals surface area contributed by atoms with Crippen LogP contribution in [0.2, 0.25) is 0 Å². The van der Waals surface area contributed by atoms with E-state index in [0.717, 1.165) is 25.9 Å². The van der Waals surface area contributed by atoms with Crippen molar-refractivity contribution in [2.45, 2.75) is 26.2 Å². The van der Waals surface area contributed by atoms with E-state index in [4.69, 9.17) is 4.74 Å². The fourth-order valence-electron chi connectivity index (χ4n) is 1.71. The third-order valence-corrected chi connectivity index (χ3v) is 2.88. The third-order valence-electron chi connectivity index (χ3n) is 2.88. The van der Waals surface area contributed by atoms with Crippen molar-refractivity contribution in [3.8, 4) is 0 Å². The van der Waals surface area contributed by atoms with E-state index in [1.165, 1.54) is 11.1 Å². The predicted molar refractivity (Wildman–Crippen MR) is 77.4 cm³/mol. The number of benzene rings is 1. The number of unbranched alkanes of at least 4 members (excludes halogenated alkanes) is 1. The van der Waals surface area contributed by atoms with Gasteiger partial charge in [0.05, 0.1) is 0 Å². The van der Waals surface area contributed by atoms with Gasteiger partial charge in [-0.1, -0.05) is 29.8 Å². The van der Waals surface area contributed by atoms with Gasteiger partial charge < -0.3 is 15.4 Å². The highest BCUT2D eigenvalue weighted by Gasteiger charge is 1.99. The lowest BCUT2D eigenvalue weighted by Gasteiger charge is -2.07. The average Bonchev–Trinajstić information content (AvgIpc) is 2.41. The number of urea groups is 1. The van der Waals surface area contributed by atoms with Crippen molar-refractivity contribution >= 4 is 6.03 Å². The first-order valence-corrected chi connectivity index (χ1v) is 6.78. The molecule has 0 aliphatic rings. The molecule has 4 heteroatoms. The first kappa shape index (κ1) is 15.5. The van der Waals surface area contributed by atoms with Crippen molar-refractivity contribution in [3.63, 3.8) is 0 Å². The Hall–Kier alpha value is -1.55. The van der Waals surface area contributed by atoms with Gasteiger partial charge in [0.2, 0.25) is 0 Å². The van der Waals surface area contributed by atoms with Gasteiger partial charge in [-0.25, -0.2) is 4.79 Å². The maximum absolute atomic E-state index is 11.5. The summed E-state index contributed by atoms with van der Waals surface area (Å²) in [5.41, 5.74) is 2.50. The fourth-order valence-corrected chi connectivity index (χ4v) is 1.71. The van der Waals surface area contributed by atoms with Gasteiger partial charge in [-0.2, -0.15) is 0 Å². The number of nitrogens with one attached hydrogen (secondary N) is 2. The summed E-state index contributed by atoms with van der Waals surface area (Å²) in [6.45, 7) is 4.17. The van der Waals surface area contributed by atoms with E-state index in [-0.39, 0.29) is 6.03 Å². The van der Waals surface area contributed by atoms with Crippen LogP contribution < -0.4 is 10.6 Å². The predicted octanol–water partition coefficient (Wildman–Crippen LogP) is 2.26. The number of aryl methyl sites for hydroxylation is 1. The summed E-state index contributed by atoms with van der Waals surface area (Å²) >= 11 is 0. The molecule has 1 aromatic carbocycles. The summed E-state index contributed by atoms with van der Waals surface area (Å²) in [5.74, 6) is 0. The van der Waals surface area contributed by atoms with Crippen molar-refractivity contribution < 1.29 is 9.53 Å². The lowest BCUT2D eigenvalue weighted by Crippen LogP contribution is -2.37. The fraction of sp³-hybridized carbons (Fsp3) is 0.533. The molecule has 0 heterocycles. The number of rotatable bonds is 8. The Kier molecular flexibility index (Phi) is 7.66. The molecule has 1 aromatic rings. The molecule has 0 aliphatic heterocycles. The van der Waals surface area contributed by atoms with Crippen LogP contribution in [-0.2, 0) is 11.2 Å². The normalized spacial score (nSPS) is 10.2. The molecular formula is C15H24N2O2. The van der Waals surface area contributed by atoms with Crippen molar-refractivity contribution in [3.05, 3.63) is 35.4 Å². The number of carbonyl (C=O) groups excluding carboxylic acids is 1. The van der Waals surface area contributed by atoms with Gasteiger partial charge >= 0.3 is 6.03 Å². The Bertz CT molecular complexity index is 363. The minimum absolute atomic E-state index is 0.0930. The highest BCUT2D eigenvalue weighted by Crippen LogP contribution is 2.02. The SMILES string of the molecule is COCCCCNC(=O)NCCc1ccc(C)cc1. The molecule has 0 saturated carbocycles. The lowest BCUT2D eigenvalue weighted by atomic mass is 10.1. The van der Waals surface area contributed by atoms with Gasteiger partial charge in [-0.3, -0.25) is 0 Å². The van der Waals surface area contributed by atoms with Crippen molar-refractivity contribution in [2.75, 3.05) is 26.8 Å². The van der Waals surface area contributed by atoms with E-state index in [0.29, 0.717) is 13.1 Å². The molecule has 2 amide bonds. The Morgan fingerprint density at radius 1 is 1.11 bits per heavy atom. The Morgan fingerprint density at radius 2 is 1.79 bits per heavy atom. The summed E-state index contributed by atoms with van der Waals surface area (Å²) < 4.78 is 4.94. The van der Waals surface area contributed by atoms with Crippen LogP contribution in [0.3, 0.4) is 0 Å². The molecule has 0 spiro atoms. The molecule has 4 nitrogen and oxygen atoms in total. The number of methoxy groups -OCH3 is 1. The molecule has 1 rings (SSSR count). The molecule has 0 atom stereocenters. The van der Waals surface area contributed by atoms with E-state index in [1.54, 1.807) is 7.11 Å². The molecule has 0 radical (unpaired) electrons. The molecular weight excluding hydrogens is 240 g/mol. The largest absolute Gasteiger partial charge is 0.385 e. The van der Waals surface area contributed by atoms with Crippen LogP contribution in [0.1, 0.15) is 24.0 Å². The minimum atomic E-state index is -0.0930. The first-order chi connectivity index (χ1) is 9.22. The van der Waals surface area contributed by atoms with Crippen LogP contribution in [0.15, 0.2) is 24.3 Å². The second kappa shape index (κ2) is 9.39. The Labute approximate surface area is 115 Å². The quantitative estimate of drug-likeness (QED) is 0.708. The maximum Gasteiger partial charge on any atom is 0.314 e. The van der Waals surface area contributed by atoms with E-state index in [2.05, 4.69) is 41.8 Å². The Morgan fingerprint density at radius 3 is 2.47 bits per heavy atom. The van der Waals surface area contributed by atoms with E-state index in [1.807, 2.05) is 0 Å².